The summed E-state index contributed by atoms with van der Waals surface area (Å²) < 4.78 is 4.89. The summed E-state index contributed by atoms with van der Waals surface area (Å²) in [6.45, 7) is 1.91. The Hall–Kier alpha value is -2.56. The SMILES string of the molecule is C[C@@H](NC(=O)c1ccoc1)c1ccc2c(c1)CC(=O)N2. The molecule has 3 rings (SSSR count). The largest absolute Gasteiger partial charge is 0.472 e. The zero-order valence-corrected chi connectivity index (χ0v) is 11.0. The number of amides is 2. The van der Waals surface area contributed by atoms with Gasteiger partial charge < -0.3 is 15.1 Å². The van der Waals surface area contributed by atoms with E-state index in [0.717, 1.165) is 16.8 Å². The number of carbonyl (C=O) groups is 2. The lowest BCUT2D eigenvalue weighted by molar-refractivity contribution is -0.115. The number of hydrogen-bond acceptors (Lipinski definition) is 3. The van der Waals surface area contributed by atoms with Crippen LogP contribution in [0.1, 0.15) is 34.5 Å². The molecule has 20 heavy (non-hydrogen) atoms. The molecular formula is C15H14N2O3. The second-order valence-corrected chi connectivity index (χ2v) is 4.85. The van der Waals surface area contributed by atoms with Crippen molar-refractivity contribution < 1.29 is 14.0 Å². The van der Waals surface area contributed by atoms with E-state index < -0.39 is 0 Å². The van der Waals surface area contributed by atoms with Crippen molar-refractivity contribution in [1.29, 1.82) is 0 Å². The average Bonchev–Trinajstić information content (AvgIpc) is 3.05. The van der Waals surface area contributed by atoms with E-state index in [1.165, 1.54) is 12.5 Å². The third kappa shape index (κ3) is 2.30. The van der Waals surface area contributed by atoms with Gasteiger partial charge in [-0.15, -0.1) is 0 Å². The van der Waals surface area contributed by atoms with E-state index in [0.29, 0.717) is 12.0 Å². The van der Waals surface area contributed by atoms with Crippen LogP contribution in [0.3, 0.4) is 0 Å². The molecule has 1 atom stereocenters. The Labute approximate surface area is 116 Å². The molecule has 1 aliphatic heterocycles. The molecule has 102 valence electrons. The van der Waals surface area contributed by atoms with Gasteiger partial charge in [0.2, 0.25) is 5.91 Å². The third-order valence-corrected chi connectivity index (χ3v) is 3.39. The van der Waals surface area contributed by atoms with Gasteiger partial charge in [0.05, 0.1) is 24.3 Å². The van der Waals surface area contributed by atoms with Gasteiger partial charge in [-0.1, -0.05) is 12.1 Å². The van der Waals surface area contributed by atoms with Crippen LogP contribution in [0, 0.1) is 0 Å². The fourth-order valence-corrected chi connectivity index (χ4v) is 2.28. The summed E-state index contributed by atoms with van der Waals surface area (Å²) in [6, 6.07) is 7.21. The number of anilines is 1. The van der Waals surface area contributed by atoms with Crippen molar-refractivity contribution in [3.05, 3.63) is 53.5 Å². The van der Waals surface area contributed by atoms with Crippen LogP contribution in [0.5, 0.6) is 0 Å². The first-order valence-corrected chi connectivity index (χ1v) is 6.39. The molecule has 2 amide bonds. The Morgan fingerprint density at radius 3 is 3.00 bits per heavy atom. The van der Waals surface area contributed by atoms with Gasteiger partial charge in [0, 0.05) is 5.69 Å². The number of fused-ring (bicyclic) bond motifs is 1. The van der Waals surface area contributed by atoms with E-state index >= 15 is 0 Å². The predicted octanol–water partition coefficient (Wildman–Crippen LogP) is 2.27. The van der Waals surface area contributed by atoms with Crippen molar-refractivity contribution in [1.82, 2.24) is 5.32 Å². The number of rotatable bonds is 3. The van der Waals surface area contributed by atoms with E-state index in [1.807, 2.05) is 25.1 Å². The van der Waals surface area contributed by atoms with E-state index in [9.17, 15) is 9.59 Å². The molecule has 2 heterocycles. The Morgan fingerprint density at radius 2 is 2.25 bits per heavy atom. The summed E-state index contributed by atoms with van der Waals surface area (Å²) in [6.07, 6.45) is 3.27. The van der Waals surface area contributed by atoms with Crippen molar-refractivity contribution in [2.24, 2.45) is 0 Å². The zero-order valence-electron chi connectivity index (χ0n) is 11.0. The van der Waals surface area contributed by atoms with Gasteiger partial charge in [0.1, 0.15) is 6.26 Å². The van der Waals surface area contributed by atoms with Crippen molar-refractivity contribution in [3.63, 3.8) is 0 Å². The van der Waals surface area contributed by atoms with Crippen LogP contribution in [0.25, 0.3) is 0 Å². The average molecular weight is 270 g/mol. The van der Waals surface area contributed by atoms with Gasteiger partial charge in [-0.25, -0.2) is 0 Å². The first-order valence-electron chi connectivity index (χ1n) is 6.39. The summed E-state index contributed by atoms with van der Waals surface area (Å²) in [5.41, 5.74) is 3.29. The fourth-order valence-electron chi connectivity index (χ4n) is 2.28. The smallest absolute Gasteiger partial charge is 0.255 e. The lowest BCUT2D eigenvalue weighted by atomic mass is 10.0. The molecule has 2 aromatic rings. The van der Waals surface area contributed by atoms with Crippen molar-refractivity contribution in [2.75, 3.05) is 5.32 Å². The lowest BCUT2D eigenvalue weighted by Gasteiger charge is -2.14. The highest BCUT2D eigenvalue weighted by Crippen LogP contribution is 2.26. The molecule has 0 saturated heterocycles. The zero-order chi connectivity index (χ0) is 14.1. The highest BCUT2D eigenvalue weighted by atomic mass is 16.3. The van der Waals surface area contributed by atoms with Crippen LogP contribution in [-0.2, 0) is 11.2 Å². The summed E-state index contributed by atoms with van der Waals surface area (Å²) in [4.78, 5) is 23.3. The highest BCUT2D eigenvalue weighted by Gasteiger charge is 2.19. The van der Waals surface area contributed by atoms with Crippen molar-refractivity contribution >= 4 is 17.5 Å². The normalized spacial score (nSPS) is 14.6. The standard InChI is InChI=1S/C15H14N2O3/c1-9(16-15(19)11-4-5-20-8-11)10-2-3-13-12(6-10)7-14(18)17-13/h2-6,8-9H,7H2,1H3,(H,16,19)(H,17,18)/t9-/m1/s1. The van der Waals surface area contributed by atoms with Gasteiger partial charge in [-0.2, -0.15) is 0 Å². The molecule has 0 unspecified atom stereocenters. The maximum Gasteiger partial charge on any atom is 0.255 e. The van der Waals surface area contributed by atoms with Crippen molar-refractivity contribution in [2.45, 2.75) is 19.4 Å². The van der Waals surface area contributed by atoms with Crippen LogP contribution >= 0.6 is 0 Å². The van der Waals surface area contributed by atoms with Gasteiger partial charge in [-0.05, 0) is 30.2 Å². The van der Waals surface area contributed by atoms with Gasteiger partial charge in [0.25, 0.3) is 5.91 Å². The summed E-state index contributed by atoms with van der Waals surface area (Å²) in [5, 5.41) is 5.68. The number of nitrogens with one attached hydrogen (secondary N) is 2. The Bertz CT molecular complexity index is 662. The molecule has 0 bridgehead atoms. The molecule has 5 nitrogen and oxygen atoms in total. The molecule has 0 saturated carbocycles. The minimum absolute atomic E-state index is 0.00670. The Kier molecular flexibility index (Phi) is 3.02. The molecule has 0 fully saturated rings. The van der Waals surface area contributed by atoms with Crippen LogP contribution in [0.15, 0.2) is 41.2 Å². The van der Waals surface area contributed by atoms with Crippen LogP contribution < -0.4 is 10.6 Å². The Morgan fingerprint density at radius 1 is 1.40 bits per heavy atom. The predicted molar refractivity (Wildman–Crippen MR) is 73.4 cm³/mol. The molecular weight excluding hydrogens is 256 g/mol. The minimum atomic E-state index is -0.180. The summed E-state index contributed by atoms with van der Waals surface area (Å²) >= 11 is 0. The van der Waals surface area contributed by atoms with Crippen LogP contribution in [0.4, 0.5) is 5.69 Å². The van der Waals surface area contributed by atoms with E-state index in [1.54, 1.807) is 6.07 Å². The highest BCUT2D eigenvalue weighted by molar-refractivity contribution is 5.99. The molecule has 1 aromatic carbocycles. The number of furan rings is 1. The number of hydrogen-bond donors (Lipinski definition) is 2. The molecule has 5 heteroatoms. The van der Waals surface area contributed by atoms with Crippen LogP contribution in [-0.4, -0.2) is 11.8 Å². The van der Waals surface area contributed by atoms with Crippen molar-refractivity contribution in [3.8, 4) is 0 Å². The number of benzene rings is 1. The first kappa shape index (κ1) is 12.5. The third-order valence-electron chi connectivity index (χ3n) is 3.39. The van der Waals surface area contributed by atoms with Gasteiger partial charge in [-0.3, -0.25) is 9.59 Å². The monoisotopic (exact) mass is 270 g/mol. The molecule has 2 N–H and O–H groups in total. The summed E-state index contributed by atoms with van der Waals surface area (Å²) in [5.74, 6) is -0.173. The van der Waals surface area contributed by atoms with Crippen LogP contribution in [0.2, 0.25) is 0 Å². The van der Waals surface area contributed by atoms with Gasteiger partial charge >= 0.3 is 0 Å². The van der Waals surface area contributed by atoms with E-state index in [2.05, 4.69) is 10.6 Å². The molecule has 0 radical (unpaired) electrons. The maximum absolute atomic E-state index is 11.9. The number of carbonyl (C=O) groups excluding carboxylic acids is 2. The Balaban J connectivity index is 1.75. The molecule has 1 aliphatic rings. The quantitative estimate of drug-likeness (QED) is 0.898. The second-order valence-electron chi connectivity index (χ2n) is 4.85. The fraction of sp³-hybridized carbons (Fsp3) is 0.200. The maximum atomic E-state index is 11.9. The van der Waals surface area contributed by atoms with E-state index in [-0.39, 0.29) is 17.9 Å². The summed E-state index contributed by atoms with van der Waals surface area (Å²) in [7, 11) is 0. The molecule has 0 spiro atoms. The molecule has 1 aromatic heterocycles. The second kappa shape index (κ2) is 4.85. The topological polar surface area (TPSA) is 71.3 Å². The van der Waals surface area contributed by atoms with E-state index in [4.69, 9.17) is 4.42 Å². The lowest BCUT2D eigenvalue weighted by Crippen LogP contribution is -2.26. The minimum Gasteiger partial charge on any atom is -0.472 e. The molecule has 0 aliphatic carbocycles. The van der Waals surface area contributed by atoms with Gasteiger partial charge in [0.15, 0.2) is 0 Å². The first-order chi connectivity index (χ1) is 9.63.